The summed E-state index contributed by atoms with van der Waals surface area (Å²) in [5, 5.41) is 9.42. The standard InChI is InChI=1S/C12H16O2/c1-8-11(7-12(8)13)9-3-5-10(14-2)6-4-9/h3-6,8,11-13H,7H2,1-2H3. The maximum atomic E-state index is 9.42. The third-order valence-corrected chi connectivity index (χ3v) is 3.28. The second kappa shape index (κ2) is 3.62. The zero-order valence-corrected chi connectivity index (χ0v) is 8.60. The SMILES string of the molecule is COc1ccc(C2CC(O)C2C)cc1. The minimum Gasteiger partial charge on any atom is -0.497 e. The van der Waals surface area contributed by atoms with Crippen molar-refractivity contribution < 1.29 is 9.84 Å². The van der Waals surface area contributed by atoms with Crippen LogP contribution in [0.2, 0.25) is 0 Å². The van der Waals surface area contributed by atoms with Gasteiger partial charge in [0.1, 0.15) is 5.75 Å². The third kappa shape index (κ3) is 1.50. The van der Waals surface area contributed by atoms with E-state index < -0.39 is 0 Å². The van der Waals surface area contributed by atoms with Crippen LogP contribution in [0.3, 0.4) is 0 Å². The van der Waals surface area contributed by atoms with E-state index in [0.29, 0.717) is 11.8 Å². The van der Waals surface area contributed by atoms with Crippen molar-refractivity contribution in [1.82, 2.24) is 0 Å². The molecule has 76 valence electrons. The Bertz CT molecular complexity index is 305. The Kier molecular flexibility index (Phi) is 2.46. The summed E-state index contributed by atoms with van der Waals surface area (Å²) >= 11 is 0. The molecule has 0 aliphatic heterocycles. The fourth-order valence-electron chi connectivity index (χ4n) is 2.05. The van der Waals surface area contributed by atoms with E-state index in [2.05, 4.69) is 19.1 Å². The molecular weight excluding hydrogens is 176 g/mol. The van der Waals surface area contributed by atoms with Crippen LogP contribution < -0.4 is 4.74 Å². The topological polar surface area (TPSA) is 29.5 Å². The quantitative estimate of drug-likeness (QED) is 0.778. The molecule has 1 N–H and O–H groups in total. The number of hydrogen-bond donors (Lipinski definition) is 1. The van der Waals surface area contributed by atoms with Crippen molar-refractivity contribution in [3.05, 3.63) is 29.8 Å². The molecule has 0 spiro atoms. The van der Waals surface area contributed by atoms with Crippen molar-refractivity contribution in [3.8, 4) is 5.75 Å². The van der Waals surface area contributed by atoms with Crippen molar-refractivity contribution in [3.63, 3.8) is 0 Å². The fourth-order valence-corrected chi connectivity index (χ4v) is 2.05. The molecular formula is C12H16O2. The average molecular weight is 192 g/mol. The molecule has 1 aromatic carbocycles. The van der Waals surface area contributed by atoms with E-state index in [0.717, 1.165) is 12.2 Å². The Labute approximate surface area is 84.5 Å². The highest BCUT2D eigenvalue weighted by atomic mass is 16.5. The monoisotopic (exact) mass is 192 g/mol. The van der Waals surface area contributed by atoms with Gasteiger partial charge >= 0.3 is 0 Å². The maximum absolute atomic E-state index is 9.42. The summed E-state index contributed by atoms with van der Waals surface area (Å²) in [5.41, 5.74) is 1.31. The number of ether oxygens (including phenoxy) is 1. The number of hydrogen-bond acceptors (Lipinski definition) is 2. The molecule has 14 heavy (non-hydrogen) atoms. The predicted molar refractivity (Wildman–Crippen MR) is 55.5 cm³/mol. The van der Waals surface area contributed by atoms with Gasteiger partial charge in [-0.25, -0.2) is 0 Å². The van der Waals surface area contributed by atoms with Crippen molar-refractivity contribution >= 4 is 0 Å². The first-order valence-electron chi connectivity index (χ1n) is 5.04. The van der Waals surface area contributed by atoms with Crippen LogP contribution >= 0.6 is 0 Å². The molecule has 1 fully saturated rings. The van der Waals surface area contributed by atoms with Crippen LogP contribution in [0.5, 0.6) is 5.75 Å². The Hall–Kier alpha value is -1.02. The Morgan fingerprint density at radius 2 is 1.93 bits per heavy atom. The van der Waals surface area contributed by atoms with Crippen LogP contribution in [0.25, 0.3) is 0 Å². The lowest BCUT2D eigenvalue weighted by Crippen LogP contribution is -2.37. The van der Waals surface area contributed by atoms with Crippen molar-refractivity contribution in [2.24, 2.45) is 5.92 Å². The number of aliphatic hydroxyl groups excluding tert-OH is 1. The van der Waals surface area contributed by atoms with Gasteiger partial charge < -0.3 is 9.84 Å². The zero-order chi connectivity index (χ0) is 10.1. The predicted octanol–water partition coefficient (Wildman–Crippen LogP) is 2.18. The molecule has 2 heteroatoms. The first-order chi connectivity index (χ1) is 6.72. The molecule has 0 aromatic heterocycles. The first kappa shape index (κ1) is 9.53. The maximum Gasteiger partial charge on any atom is 0.118 e. The highest BCUT2D eigenvalue weighted by Crippen LogP contribution is 2.42. The molecule has 3 atom stereocenters. The van der Waals surface area contributed by atoms with Gasteiger partial charge in [-0.2, -0.15) is 0 Å². The summed E-state index contributed by atoms with van der Waals surface area (Å²) in [6, 6.07) is 8.14. The van der Waals surface area contributed by atoms with Crippen molar-refractivity contribution in [1.29, 1.82) is 0 Å². The largest absolute Gasteiger partial charge is 0.497 e. The summed E-state index contributed by atoms with van der Waals surface area (Å²) in [6.07, 6.45) is 0.787. The summed E-state index contributed by atoms with van der Waals surface area (Å²) in [5.74, 6) is 1.81. The molecule has 0 saturated heterocycles. The van der Waals surface area contributed by atoms with E-state index in [4.69, 9.17) is 4.74 Å². The minimum absolute atomic E-state index is 0.109. The van der Waals surface area contributed by atoms with Crippen LogP contribution in [-0.4, -0.2) is 18.3 Å². The van der Waals surface area contributed by atoms with Crippen LogP contribution in [0.15, 0.2) is 24.3 Å². The number of aliphatic hydroxyl groups is 1. The molecule has 1 aromatic rings. The minimum atomic E-state index is -0.109. The second-order valence-electron chi connectivity index (χ2n) is 4.04. The van der Waals surface area contributed by atoms with Gasteiger partial charge in [0.05, 0.1) is 13.2 Å². The molecule has 3 unspecified atom stereocenters. The van der Waals surface area contributed by atoms with E-state index in [1.165, 1.54) is 5.56 Å². The van der Waals surface area contributed by atoms with Crippen LogP contribution in [0.4, 0.5) is 0 Å². The number of rotatable bonds is 2. The number of benzene rings is 1. The third-order valence-electron chi connectivity index (χ3n) is 3.28. The Balaban J connectivity index is 2.10. The number of methoxy groups -OCH3 is 1. The molecule has 0 bridgehead atoms. The molecule has 1 saturated carbocycles. The smallest absolute Gasteiger partial charge is 0.118 e. The van der Waals surface area contributed by atoms with Gasteiger partial charge in [0.15, 0.2) is 0 Å². The fraction of sp³-hybridized carbons (Fsp3) is 0.500. The lowest BCUT2D eigenvalue weighted by atomic mass is 9.69. The van der Waals surface area contributed by atoms with E-state index in [1.54, 1.807) is 7.11 Å². The normalized spacial score (nSPS) is 30.9. The lowest BCUT2D eigenvalue weighted by molar-refractivity contribution is 0.0117. The van der Waals surface area contributed by atoms with Gasteiger partial charge in [-0.05, 0) is 36.0 Å². The van der Waals surface area contributed by atoms with Gasteiger partial charge in [0.25, 0.3) is 0 Å². The van der Waals surface area contributed by atoms with E-state index in [1.807, 2.05) is 12.1 Å². The van der Waals surface area contributed by atoms with Crippen molar-refractivity contribution in [2.45, 2.75) is 25.4 Å². The van der Waals surface area contributed by atoms with Crippen LogP contribution in [0.1, 0.15) is 24.8 Å². The molecule has 0 radical (unpaired) electrons. The molecule has 0 heterocycles. The van der Waals surface area contributed by atoms with E-state index in [9.17, 15) is 5.11 Å². The summed E-state index contributed by atoms with van der Waals surface area (Å²) in [4.78, 5) is 0. The zero-order valence-electron chi connectivity index (χ0n) is 8.60. The molecule has 2 rings (SSSR count). The summed E-state index contributed by atoms with van der Waals surface area (Å²) in [6.45, 7) is 2.10. The Morgan fingerprint density at radius 3 is 2.36 bits per heavy atom. The second-order valence-corrected chi connectivity index (χ2v) is 4.04. The summed E-state index contributed by atoms with van der Waals surface area (Å²) < 4.78 is 5.10. The van der Waals surface area contributed by atoms with E-state index >= 15 is 0 Å². The lowest BCUT2D eigenvalue weighted by Gasteiger charge is -2.39. The Morgan fingerprint density at radius 1 is 1.29 bits per heavy atom. The van der Waals surface area contributed by atoms with Crippen LogP contribution in [-0.2, 0) is 0 Å². The van der Waals surface area contributed by atoms with Crippen molar-refractivity contribution in [2.75, 3.05) is 7.11 Å². The van der Waals surface area contributed by atoms with Gasteiger partial charge in [0.2, 0.25) is 0 Å². The highest BCUT2D eigenvalue weighted by molar-refractivity contribution is 5.31. The summed E-state index contributed by atoms with van der Waals surface area (Å²) in [7, 11) is 1.67. The molecule has 1 aliphatic carbocycles. The average Bonchev–Trinajstić information content (AvgIpc) is 2.25. The first-order valence-corrected chi connectivity index (χ1v) is 5.04. The molecule has 2 nitrogen and oxygen atoms in total. The molecule has 0 amide bonds. The van der Waals surface area contributed by atoms with Crippen LogP contribution in [0, 0.1) is 5.92 Å². The van der Waals surface area contributed by atoms with E-state index in [-0.39, 0.29) is 6.10 Å². The van der Waals surface area contributed by atoms with Gasteiger partial charge in [-0.1, -0.05) is 19.1 Å². The van der Waals surface area contributed by atoms with Gasteiger partial charge in [-0.3, -0.25) is 0 Å². The van der Waals surface area contributed by atoms with Gasteiger partial charge in [0, 0.05) is 0 Å². The van der Waals surface area contributed by atoms with Gasteiger partial charge in [-0.15, -0.1) is 0 Å². The molecule has 1 aliphatic rings. The highest BCUT2D eigenvalue weighted by Gasteiger charge is 2.36.